The molecule has 3 atom stereocenters. The highest BCUT2D eigenvalue weighted by Crippen LogP contribution is 2.45. The number of hydrogen-bond donors (Lipinski definition) is 2. The Morgan fingerprint density at radius 2 is 1.88 bits per heavy atom. The van der Waals surface area contributed by atoms with E-state index in [2.05, 4.69) is 4.90 Å². The number of anilines is 1. The molecule has 0 spiro atoms. The Balaban J connectivity index is 0.000000277. The van der Waals surface area contributed by atoms with Crippen molar-refractivity contribution in [3.8, 4) is 0 Å². The molecule has 1 saturated heterocycles. The summed E-state index contributed by atoms with van der Waals surface area (Å²) in [6.45, 7) is 4.25. The number of nitrogens with zero attached hydrogens (tertiary/aromatic N) is 1. The molecule has 1 heterocycles. The Labute approximate surface area is 142 Å². The molecule has 3 N–H and O–H groups in total. The number of nitrogens with two attached hydrogens (primary N) is 1. The molecule has 138 valence electrons. The molecule has 1 aromatic carbocycles. The molecule has 3 rings (SSSR count). The summed E-state index contributed by atoms with van der Waals surface area (Å²) >= 11 is 0. The van der Waals surface area contributed by atoms with E-state index >= 15 is 0 Å². The normalized spacial score (nSPS) is 24.0. The molecular weight excluding hydrogens is 341 g/mol. The Bertz CT molecular complexity index is 639. The zero-order valence-electron chi connectivity index (χ0n) is 13.5. The number of carbonyl (C=O) groups excluding carboxylic acids is 1. The average Bonchev–Trinajstić information content (AvgIpc) is 2.97. The van der Waals surface area contributed by atoms with Crippen molar-refractivity contribution in [1.82, 2.24) is 0 Å². The second kappa shape index (κ2) is 7.30. The summed E-state index contributed by atoms with van der Waals surface area (Å²) in [5.74, 6) is -1.71. The van der Waals surface area contributed by atoms with E-state index in [-0.39, 0.29) is 5.97 Å². The van der Waals surface area contributed by atoms with Crippen LogP contribution < -0.4 is 10.6 Å². The van der Waals surface area contributed by atoms with Crippen molar-refractivity contribution in [2.45, 2.75) is 19.1 Å². The maximum Gasteiger partial charge on any atom is 0.490 e. The highest BCUT2D eigenvalue weighted by molar-refractivity contribution is 5.90. The van der Waals surface area contributed by atoms with Crippen LogP contribution in [0.3, 0.4) is 0 Å². The van der Waals surface area contributed by atoms with E-state index in [0.29, 0.717) is 30.0 Å². The second-order valence-corrected chi connectivity index (χ2v) is 5.88. The fourth-order valence-electron chi connectivity index (χ4n) is 2.83. The van der Waals surface area contributed by atoms with Crippen molar-refractivity contribution in [3.63, 3.8) is 0 Å². The highest BCUT2D eigenvalue weighted by Gasteiger charge is 2.53. The van der Waals surface area contributed by atoms with Crippen molar-refractivity contribution in [3.05, 3.63) is 29.8 Å². The smallest absolute Gasteiger partial charge is 0.475 e. The first-order valence-electron chi connectivity index (χ1n) is 7.73. The predicted molar refractivity (Wildman–Crippen MR) is 83.3 cm³/mol. The molecule has 2 aliphatic rings. The average molecular weight is 360 g/mol. The lowest BCUT2D eigenvalue weighted by atomic mass is 10.2. The third-order valence-corrected chi connectivity index (χ3v) is 4.23. The van der Waals surface area contributed by atoms with Gasteiger partial charge in [0.25, 0.3) is 0 Å². The zero-order valence-corrected chi connectivity index (χ0v) is 13.5. The molecular formula is C16H19F3N2O4. The fourth-order valence-corrected chi connectivity index (χ4v) is 2.83. The van der Waals surface area contributed by atoms with Crippen LogP contribution in [0.1, 0.15) is 17.3 Å². The number of rotatable bonds is 3. The molecule has 1 aliphatic heterocycles. The van der Waals surface area contributed by atoms with Gasteiger partial charge in [-0.3, -0.25) is 0 Å². The maximum absolute atomic E-state index is 11.7. The second-order valence-electron chi connectivity index (χ2n) is 5.88. The van der Waals surface area contributed by atoms with E-state index in [9.17, 15) is 18.0 Å². The summed E-state index contributed by atoms with van der Waals surface area (Å²) in [5.41, 5.74) is 7.65. The minimum atomic E-state index is -5.08. The van der Waals surface area contributed by atoms with Crippen molar-refractivity contribution in [2.24, 2.45) is 17.6 Å². The number of carboxylic acid groups (broad SMARTS) is 1. The number of ether oxygens (including phenoxy) is 1. The van der Waals surface area contributed by atoms with Gasteiger partial charge in [-0.05, 0) is 37.0 Å². The number of aliphatic carboxylic acids is 1. The number of hydrogen-bond acceptors (Lipinski definition) is 5. The number of benzene rings is 1. The van der Waals surface area contributed by atoms with E-state index in [4.69, 9.17) is 20.4 Å². The molecule has 1 unspecified atom stereocenters. The summed E-state index contributed by atoms with van der Waals surface area (Å²) in [6.07, 6.45) is -5.08. The van der Waals surface area contributed by atoms with Crippen LogP contribution in [0.15, 0.2) is 24.3 Å². The van der Waals surface area contributed by atoms with Crippen LogP contribution in [0.5, 0.6) is 0 Å². The van der Waals surface area contributed by atoms with E-state index in [1.165, 1.54) is 0 Å². The van der Waals surface area contributed by atoms with Crippen molar-refractivity contribution < 1.29 is 32.6 Å². The van der Waals surface area contributed by atoms with Gasteiger partial charge in [0.05, 0.1) is 12.2 Å². The first kappa shape index (κ1) is 19.0. The topological polar surface area (TPSA) is 92.9 Å². The van der Waals surface area contributed by atoms with Crippen molar-refractivity contribution >= 4 is 17.6 Å². The number of carboxylic acids is 1. The predicted octanol–water partition coefficient (Wildman–Crippen LogP) is 1.89. The number of piperidine rings is 1. The molecule has 0 bridgehead atoms. The van der Waals surface area contributed by atoms with Crippen LogP contribution in [0.25, 0.3) is 0 Å². The van der Waals surface area contributed by atoms with E-state index < -0.39 is 12.1 Å². The van der Waals surface area contributed by atoms with Gasteiger partial charge < -0.3 is 20.5 Å². The van der Waals surface area contributed by atoms with Crippen LogP contribution in [-0.2, 0) is 9.53 Å². The summed E-state index contributed by atoms with van der Waals surface area (Å²) in [5, 5.41) is 7.12. The molecule has 0 amide bonds. The van der Waals surface area contributed by atoms with Gasteiger partial charge in [-0.2, -0.15) is 13.2 Å². The summed E-state index contributed by atoms with van der Waals surface area (Å²) < 4.78 is 36.8. The van der Waals surface area contributed by atoms with Gasteiger partial charge in [0.1, 0.15) is 0 Å². The number of esters is 1. The van der Waals surface area contributed by atoms with Crippen LogP contribution in [-0.4, -0.2) is 49.0 Å². The quantitative estimate of drug-likeness (QED) is 0.800. The third-order valence-electron chi connectivity index (χ3n) is 4.23. The molecule has 6 nitrogen and oxygen atoms in total. The lowest BCUT2D eigenvalue weighted by molar-refractivity contribution is -0.192. The van der Waals surface area contributed by atoms with Gasteiger partial charge >= 0.3 is 18.1 Å². The fraction of sp³-hybridized carbons (Fsp3) is 0.500. The van der Waals surface area contributed by atoms with Crippen LogP contribution in [0.2, 0.25) is 0 Å². The van der Waals surface area contributed by atoms with Crippen LogP contribution in [0.4, 0.5) is 18.9 Å². The van der Waals surface area contributed by atoms with E-state index in [1.54, 1.807) is 6.07 Å². The van der Waals surface area contributed by atoms with Gasteiger partial charge in [-0.25, -0.2) is 9.59 Å². The lowest BCUT2D eigenvalue weighted by Gasteiger charge is -2.21. The monoisotopic (exact) mass is 360 g/mol. The minimum Gasteiger partial charge on any atom is -0.475 e. The largest absolute Gasteiger partial charge is 0.490 e. The number of alkyl halides is 3. The molecule has 0 aromatic heterocycles. The Kier molecular flexibility index (Phi) is 5.56. The zero-order chi connectivity index (χ0) is 18.8. The van der Waals surface area contributed by atoms with Crippen molar-refractivity contribution in [1.29, 1.82) is 0 Å². The molecule has 2 fully saturated rings. The summed E-state index contributed by atoms with van der Waals surface area (Å²) in [4.78, 5) is 22.9. The maximum atomic E-state index is 11.7. The van der Waals surface area contributed by atoms with Crippen LogP contribution >= 0.6 is 0 Å². The first-order chi connectivity index (χ1) is 11.6. The molecule has 0 radical (unpaired) electrons. The molecule has 1 aliphatic carbocycles. The Hall–Kier alpha value is -2.29. The summed E-state index contributed by atoms with van der Waals surface area (Å²) in [7, 11) is 0. The standard InChI is InChI=1S/C14H18N2O2.C2HF3O2/c1-2-18-14(17)9-4-3-5-10(6-9)16-7-11-12(8-16)13(11)15;3-2(4,5)1(6)7/h3-6,11-13H,2,7-8,15H2,1H3;(H,6,7)/t11-,12+,13?;. The Morgan fingerprint density at radius 1 is 1.32 bits per heavy atom. The van der Waals surface area contributed by atoms with Gasteiger partial charge in [-0.1, -0.05) is 6.07 Å². The SMILES string of the molecule is CCOC(=O)c1cccc(N2C[C@@H]3C(N)[C@@H]3C2)c1.O=C(O)C(F)(F)F. The number of fused-ring (bicyclic) bond motifs is 1. The highest BCUT2D eigenvalue weighted by atomic mass is 19.4. The lowest BCUT2D eigenvalue weighted by Crippen LogP contribution is -2.28. The summed E-state index contributed by atoms with van der Waals surface area (Å²) in [6, 6.07) is 8.05. The van der Waals surface area contributed by atoms with Crippen molar-refractivity contribution in [2.75, 3.05) is 24.6 Å². The molecule has 9 heteroatoms. The molecule has 25 heavy (non-hydrogen) atoms. The minimum absolute atomic E-state index is 0.250. The number of halogens is 3. The van der Waals surface area contributed by atoms with E-state index in [0.717, 1.165) is 18.8 Å². The van der Waals surface area contributed by atoms with Gasteiger partial charge in [0.15, 0.2) is 0 Å². The van der Waals surface area contributed by atoms with Crippen LogP contribution in [0, 0.1) is 11.8 Å². The van der Waals surface area contributed by atoms with Gasteiger partial charge in [0, 0.05) is 24.8 Å². The Morgan fingerprint density at radius 3 is 2.36 bits per heavy atom. The number of carbonyl (C=O) groups is 2. The molecule has 1 saturated carbocycles. The molecule has 1 aromatic rings. The first-order valence-corrected chi connectivity index (χ1v) is 7.73. The third kappa shape index (κ3) is 4.62. The van der Waals surface area contributed by atoms with E-state index in [1.807, 2.05) is 25.1 Å². The van der Waals surface area contributed by atoms with Gasteiger partial charge in [0.2, 0.25) is 0 Å². The van der Waals surface area contributed by atoms with Gasteiger partial charge in [-0.15, -0.1) is 0 Å².